The molecule has 3 N–H and O–H groups in total. The number of allylic oxidation sites excluding steroid dienone is 3. The van der Waals surface area contributed by atoms with Gasteiger partial charge in [0.1, 0.15) is 0 Å². The topological polar surface area (TPSA) is 95.9 Å². The SMILES string of the molecule is CCCCCCCCCCCCCCCCCC/C=C/C(O)C(CO)NC(=O)CCCCCCCCC/C=C\CCCCCCCCOC(=O)CCCCCCCCCCCCC. The van der Waals surface area contributed by atoms with Crippen molar-refractivity contribution in [2.24, 2.45) is 0 Å². The van der Waals surface area contributed by atoms with Crippen LogP contribution < -0.4 is 5.32 Å². The van der Waals surface area contributed by atoms with E-state index in [0.29, 0.717) is 19.4 Å². The van der Waals surface area contributed by atoms with E-state index in [1.807, 2.05) is 6.08 Å². The maximum atomic E-state index is 12.5. The summed E-state index contributed by atoms with van der Waals surface area (Å²) in [5.74, 6) is -0.0812. The van der Waals surface area contributed by atoms with Crippen molar-refractivity contribution in [1.82, 2.24) is 5.32 Å². The van der Waals surface area contributed by atoms with E-state index in [4.69, 9.17) is 4.74 Å². The molecule has 0 bridgehead atoms. The Morgan fingerprint density at radius 1 is 0.429 bits per heavy atom. The molecular weight excluding hydrogens is 779 g/mol. The molecule has 372 valence electrons. The number of amides is 1. The molecule has 6 nitrogen and oxygen atoms in total. The number of carbonyl (C=O) groups is 2. The lowest BCUT2D eigenvalue weighted by atomic mass is 10.0. The third-order valence-electron chi connectivity index (χ3n) is 13.0. The van der Waals surface area contributed by atoms with Gasteiger partial charge in [-0.25, -0.2) is 0 Å². The monoisotopic (exact) mass is 888 g/mol. The van der Waals surface area contributed by atoms with Crippen molar-refractivity contribution < 1.29 is 24.5 Å². The number of hydrogen-bond donors (Lipinski definition) is 3. The fourth-order valence-electron chi connectivity index (χ4n) is 8.63. The van der Waals surface area contributed by atoms with Crippen LogP contribution in [-0.4, -0.2) is 47.4 Å². The Morgan fingerprint density at radius 2 is 0.746 bits per heavy atom. The largest absolute Gasteiger partial charge is 0.466 e. The first-order valence-electron chi connectivity index (χ1n) is 28.1. The second-order valence-corrected chi connectivity index (χ2v) is 19.3. The van der Waals surface area contributed by atoms with Gasteiger partial charge in [-0.1, -0.05) is 256 Å². The lowest BCUT2D eigenvalue weighted by molar-refractivity contribution is -0.143. The molecule has 63 heavy (non-hydrogen) atoms. The van der Waals surface area contributed by atoms with Gasteiger partial charge >= 0.3 is 5.97 Å². The number of rotatable bonds is 52. The Labute approximate surface area is 392 Å². The number of nitrogens with one attached hydrogen (secondary N) is 1. The van der Waals surface area contributed by atoms with Gasteiger partial charge < -0.3 is 20.3 Å². The molecule has 1 amide bonds. The number of ether oxygens (including phenoxy) is 1. The van der Waals surface area contributed by atoms with Crippen molar-refractivity contribution in [1.29, 1.82) is 0 Å². The second-order valence-electron chi connectivity index (χ2n) is 19.3. The summed E-state index contributed by atoms with van der Waals surface area (Å²) in [6, 6.07) is -0.636. The minimum atomic E-state index is -0.852. The van der Waals surface area contributed by atoms with Crippen LogP contribution in [0.4, 0.5) is 0 Å². The zero-order valence-corrected chi connectivity index (χ0v) is 42.3. The molecule has 0 spiro atoms. The van der Waals surface area contributed by atoms with E-state index in [-0.39, 0.29) is 18.5 Å². The lowest BCUT2D eigenvalue weighted by Crippen LogP contribution is -2.45. The zero-order valence-electron chi connectivity index (χ0n) is 42.3. The minimum absolute atomic E-state index is 0.00298. The van der Waals surface area contributed by atoms with Crippen molar-refractivity contribution in [2.75, 3.05) is 13.2 Å². The molecule has 0 aromatic heterocycles. The molecule has 0 saturated heterocycles. The quantitative estimate of drug-likeness (QED) is 0.0321. The van der Waals surface area contributed by atoms with Crippen molar-refractivity contribution in [3.8, 4) is 0 Å². The van der Waals surface area contributed by atoms with Crippen LogP contribution in [0.15, 0.2) is 24.3 Å². The van der Waals surface area contributed by atoms with E-state index < -0.39 is 12.1 Å². The Morgan fingerprint density at radius 3 is 1.13 bits per heavy atom. The van der Waals surface area contributed by atoms with Crippen LogP contribution in [0.1, 0.15) is 303 Å². The number of carbonyl (C=O) groups excluding carboxylic acids is 2. The average molecular weight is 889 g/mol. The standard InChI is InChI=1S/C57H109NO5/c1-3-5-7-9-11-13-15-16-17-18-20-23-26-30-33-37-41-45-49-55(60)54(53-59)58-56(61)50-46-42-38-34-31-27-24-21-19-22-25-28-32-36-40-44-48-52-63-57(62)51-47-43-39-35-29-14-12-10-8-6-4-2/h19,22,45,49,54-55,59-60H,3-18,20-21,23-44,46-48,50-53H2,1-2H3,(H,58,61)/b22-19-,49-45+. The molecule has 2 unspecified atom stereocenters. The summed E-state index contributed by atoms with van der Waals surface area (Å²) in [5, 5.41) is 23.1. The average Bonchev–Trinajstić information content (AvgIpc) is 3.28. The summed E-state index contributed by atoms with van der Waals surface area (Å²) in [6.45, 7) is 4.89. The Balaban J connectivity index is 3.50. The van der Waals surface area contributed by atoms with Gasteiger partial charge in [-0.3, -0.25) is 9.59 Å². The van der Waals surface area contributed by atoms with Gasteiger partial charge in [0.05, 0.1) is 25.4 Å². The van der Waals surface area contributed by atoms with E-state index in [0.717, 1.165) is 57.8 Å². The van der Waals surface area contributed by atoms with Gasteiger partial charge in [0, 0.05) is 12.8 Å². The third-order valence-corrected chi connectivity index (χ3v) is 13.0. The smallest absolute Gasteiger partial charge is 0.305 e. The van der Waals surface area contributed by atoms with Gasteiger partial charge in [0.2, 0.25) is 5.91 Å². The van der Waals surface area contributed by atoms with Crippen LogP contribution >= 0.6 is 0 Å². The van der Waals surface area contributed by atoms with Gasteiger partial charge in [-0.15, -0.1) is 0 Å². The molecule has 0 radical (unpaired) electrons. The van der Waals surface area contributed by atoms with Crippen LogP contribution in [0.2, 0.25) is 0 Å². The maximum Gasteiger partial charge on any atom is 0.305 e. The minimum Gasteiger partial charge on any atom is -0.466 e. The molecule has 0 aliphatic rings. The zero-order chi connectivity index (χ0) is 45.8. The Kier molecular flexibility index (Phi) is 51.6. The highest BCUT2D eigenvalue weighted by Crippen LogP contribution is 2.16. The van der Waals surface area contributed by atoms with Crippen LogP contribution in [0, 0.1) is 0 Å². The lowest BCUT2D eigenvalue weighted by Gasteiger charge is -2.20. The molecule has 0 aromatic rings. The van der Waals surface area contributed by atoms with Crippen LogP contribution in [0.5, 0.6) is 0 Å². The fourth-order valence-corrected chi connectivity index (χ4v) is 8.63. The van der Waals surface area contributed by atoms with Gasteiger partial charge in [0.25, 0.3) is 0 Å². The highest BCUT2D eigenvalue weighted by Gasteiger charge is 2.18. The summed E-state index contributed by atoms with van der Waals surface area (Å²) in [5.41, 5.74) is 0. The highest BCUT2D eigenvalue weighted by atomic mass is 16.5. The second kappa shape index (κ2) is 53.0. The van der Waals surface area contributed by atoms with Crippen molar-refractivity contribution in [3.05, 3.63) is 24.3 Å². The fraction of sp³-hybridized carbons (Fsp3) is 0.895. The van der Waals surface area contributed by atoms with Gasteiger partial charge in [-0.2, -0.15) is 0 Å². The molecule has 0 aliphatic carbocycles. The first kappa shape index (κ1) is 61.3. The van der Waals surface area contributed by atoms with Crippen molar-refractivity contribution in [2.45, 2.75) is 315 Å². The third kappa shape index (κ3) is 49.6. The van der Waals surface area contributed by atoms with Gasteiger partial charge in [0.15, 0.2) is 0 Å². The predicted molar refractivity (Wildman–Crippen MR) is 273 cm³/mol. The Bertz CT molecular complexity index is 982. The number of hydrogen-bond acceptors (Lipinski definition) is 5. The molecule has 0 saturated carbocycles. The van der Waals surface area contributed by atoms with Crippen molar-refractivity contribution in [3.63, 3.8) is 0 Å². The summed E-state index contributed by atoms with van der Waals surface area (Å²) >= 11 is 0. The van der Waals surface area contributed by atoms with Crippen LogP contribution in [0.25, 0.3) is 0 Å². The summed E-state index contributed by atoms with van der Waals surface area (Å²) in [6.07, 6.45) is 63.3. The molecule has 0 aromatic carbocycles. The molecule has 0 fully saturated rings. The first-order valence-corrected chi connectivity index (χ1v) is 28.1. The molecule has 6 heteroatoms. The summed E-state index contributed by atoms with van der Waals surface area (Å²) in [4.78, 5) is 24.4. The van der Waals surface area contributed by atoms with E-state index >= 15 is 0 Å². The maximum absolute atomic E-state index is 12.5. The van der Waals surface area contributed by atoms with E-state index in [1.165, 1.54) is 218 Å². The highest BCUT2D eigenvalue weighted by molar-refractivity contribution is 5.76. The van der Waals surface area contributed by atoms with Crippen molar-refractivity contribution >= 4 is 11.9 Å². The van der Waals surface area contributed by atoms with E-state index in [9.17, 15) is 19.8 Å². The van der Waals surface area contributed by atoms with Crippen LogP contribution in [0.3, 0.4) is 0 Å². The molecule has 0 rings (SSSR count). The predicted octanol–water partition coefficient (Wildman–Crippen LogP) is 17.1. The first-order chi connectivity index (χ1) is 31.0. The number of unbranched alkanes of at least 4 members (excludes halogenated alkanes) is 39. The number of esters is 1. The molecular formula is C57H109NO5. The molecule has 2 atom stereocenters. The normalized spacial score (nSPS) is 12.8. The van der Waals surface area contributed by atoms with Crippen LogP contribution in [-0.2, 0) is 14.3 Å². The summed E-state index contributed by atoms with van der Waals surface area (Å²) in [7, 11) is 0. The molecule has 0 aliphatic heterocycles. The molecule has 0 heterocycles. The number of aliphatic hydroxyl groups excluding tert-OH is 2. The summed E-state index contributed by atoms with van der Waals surface area (Å²) < 4.78 is 5.45. The van der Waals surface area contributed by atoms with Gasteiger partial charge in [-0.05, 0) is 57.8 Å². The van der Waals surface area contributed by atoms with E-state index in [1.54, 1.807) is 6.08 Å². The number of aliphatic hydroxyl groups is 2. The Hall–Kier alpha value is -1.66. The van der Waals surface area contributed by atoms with E-state index in [2.05, 4.69) is 31.3 Å².